The molecule has 3 rings (SSSR count). The first-order valence-corrected chi connectivity index (χ1v) is 5.83. The first kappa shape index (κ1) is 10.8. The number of hydrogen-bond donors (Lipinski definition) is 2. The number of nitrogens with one attached hydrogen (secondary N) is 2. The molecule has 92 valence electrons. The zero-order valence-electron chi connectivity index (χ0n) is 10.3. The van der Waals surface area contributed by atoms with E-state index in [0.29, 0.717) is 6.54 Å². The summed E-state index contributed by atoms with van der Waals surface area (Å²) in [7, 11) is 0. The van der Waals surface area contributed by atoms with Gasteiger partial charge < -0.3 is 9.84 Å². The van der Waals surface area contributed by atoms with Crippen molar-refractivity contribution in [3.8, 4) is 0 Å². The fourth-order valence-electron chi connectivity index (χ4n) is 2.00. The van der Waals surface area contributed by atoms with E-state index in [1.165, 1.54) is 0 Å². The van der Waals surface area contributed by atoms with E-state index in [1.54, 1.807) is 0 Å². The Kier molecular flexibility index (Phi) is 2.51. The van der Waals surface area contributed by atoms with Gasteiger partial charge in [0.1, 0.15) is 5.76 Å². The number of aromatic amines is 1. The van der Waals surface area contributed by atoms with Crippen LogP contribution >= 0.6 is 0 Å². The number of aryl methyl sites for hydroxylation is 2. The Balaban J connectivity index is 1.80. The minimum absolute atomic E-state index is 0.713. The summed E-state index contributed by atoms with van der Waals surface area (Å²) in [6.07, 6.45) is 1.82. The molecule has 0 saturated heterocycles. The third-order valence-corrected chi connectivity index (χ3v) is 3.09. The van der Waals surface area contributed by atoms with Gasteiger partial charge in [0.15, 0.2) is 0 Å². The zero-order valence-corrected chi connectivity index (χ0v) is 10.3. The minimum Gasteiger partial charge on any atom is -0.381 e. The van der Waals surface area contributed by atoms with Crippen LogP contribution in [0.1, 0.15) is 17.0 Å². The summed E-state index contributed by atoms with van der Waals surface area (Å²) >= 11 is 0. The summed E-state index contributed by atoms with van der Waals surface area (Å²) in [6, 6.07) is 6.10. The lowest BCUT2D eigenvalue weighted by Crippen LogP contribution is -2.01. The zero-order chi connectivity index (χ0) is 12.5. The van der Waals surface area contributed by atoms with Crippen LogP contribution in [0.2, 0.25) is 0 Å². The highest BCUT2D eigenvalue weighted by Gasteiger charge is 2.08. The van der Waals surface area contributed by atoms with Gasteiger partial charge in [0, 0.05) is 23.2 Å². The molecule has 5 heteroatoms. The fourth-order valence-corrected chi connectivity index (χ4v) is 2.00. The van der Waals surface area contributed by atoms with E-state index in [1.807, 2.05) is 32.2 Å². The molecule has 0 aliphatic heterocycles. The first-order chi connectivity index (χ1) is 8.74. The molecule has 2 heterocycles. The first-order valence-electron chi connectivity index (χ1n) is 5.83. The maximum absolute atomic E-state index is 5.14. The summed E-state index contributed by atoms with van der Waals surface area (Å²) < 4.78 is 5.14. The van der Waals surface area contributed by atoms with Crippen molar-refractivity contribution >= 4 is 16.6 Å². The number of rotatable bonds is 3. The highest BCUT2D eigenvalue weighted by atomic mass is 16.5. The van der Waals surface area contributed by atoms with Crippen molar-refractivity contribution in [1.82, 2.24) is 15.4 Å². The molecule has 5 nitrogen and oxygen atoms in total. The summed E-state index contributed by atoms with van der Waals surface area (Å²) in [5, 5.41) is 15.3. The van der Waals surface area contributed by atoms with Crippen LogP contribution < -0.4 is 5.32 Å². The molecule has 0 aliphatic rings. The van der Waals surface area contributed by atoms with Crippen molar-refractivity contribution in [2.45, 2.75) is 20.4 Å². The van der Waals surface area contributed by atoms with Crippen LogP contribution in [0.4, 0.5) is 5.69 Å². The van der Waals surface area contributed by atoms with Gasteiger partial charge in [0.05, 0.1) is 17.4 Å². The minimum atomic E-state index is 0.713. The molecule has 0 fully saturated rings. The maximum atomic E-state index is 5.14. The highest BCUT2D eigenvalue weighted by molar-refractivity contribution is 5.81. The third-order valence-electron chi connectivity index (χ3n) is 3.09. The van der Waals surface area contributed by atoms with Gasteiger partial charge in [-0.05, 0) is 32.0 Å². The highest BCUT2D eigenvalue weighted by Crippen LogP contribution is 2.19. The molecule has 0 atom stereocenters. The second-order valence-electron chi connectivity index (χ2n) is 4.33. The molecule has 2 aromatic heterocycles. The summed E-state index contributed by atoms with van der Waals surface area (Å²) in [5.74, 6) is 0.865. The third kappa shape index (κ3) is 1.84. The number of hydrogen-bond acceptors (Lipinski definition) is 4. The van der Waals surface area contributed by atoms with Crippen LogP contribution in [-0.2, 0) is 6.54 Å². The normalized spacial score (nSPS) is 11.0. The number of anilines is 1. The van der Waals surface area contributed by atoms with E-state index in [-0.39, 0.29) is 0 Å². The lowest BCUT2D eigenvalue weighted by atomic mass is 10.2. The topological polar surface area (TPSA) is 66.7 Å². The molecule has 0 bridgehead atoms. The van der Waals surface area contributed by atoms with Crippen molar-refractivity contribution in [3.05, 3.63) is 41.4 Å². The van der Waals surface area contributed by atoms with Crippen molar-refractivity contribution < 1.29 is 4.52 Å². The molecule has 0 unspecified atom stereocenters. The molecule has 2 N–H and O–H groups in total. The predicted octanol–water partition coefficient (Wildman–Crippen LogP) is 2.78. The quantitative estimate of drug-likeness (QED) is 0.741. The van der Waals surface area contributed by atoms with Crippen molar-refractivity contribution in [2.24, 2.45) is 0 Å². The molecular formula is C13H14N4O. The molecule has 0 spiro atoms. The molecule has 0 saturated carbocycles. The van der Waals surface area contributed by atoms with Crippen LogP contribution in [0.3, 0.4) is 0 Å². The summed E-state index contributed by atoms with van der Waals surface area (Å²) in [6.45, 7) is 4.59. The van der Waals surface area contributed by atoms with Crippen molar-refractivity contribution in [1.29, 1.82) is 0 Å². The summed E-state index contributed by atoms with van der Waals surface area (Å²) in [4.78, 5) is 0. The Bertz CT molecular complexity index is 664. The van der Waals surface area contributed by atoms with Gasteiger partial charge >= 0.3 is 0 Å². The molecule has 3 aromatic rings. The van der Waals surface area contributed by atoms with Gasteiger partial charge in [-0.1, -0.05) is 5.16 Å². The summed E-state index contributed by atoms with van der Waals surface area (Å²) in [5.41, 5.74) is 4.15. The van der Waals surface area contributed by atoms with Gasteiger partial charge in [-0.15, -0.1) is 0 Å². The Morgan fingerprint density at radius 3 is 3.00 bits per heavy atom. The Labute approximate surface area is 104 Å². The largest absolute Gasteiger partial charge is 0.381 e. The molecule has 1 aromatic carbocycles. The molecule has 0 radical (unpaired) electrons. The van der Waals surface area contributed by atoms with E-state index in [0.717, 1.165) is 33.6 Å². The Morgan fingerprint density at radius 1 is 1.33 bits per heavy atom. The lowest BCUT2D eigenvalue weighted by Gasteiger charge is -2.05. The Hall–Kier alpha value is -2.30. The van der Waals surface area contributed by atoms with Gasteiger partial charge in [-0.3, -0.25) is 5.10 Å². The second-order valence-corrected chi connectivity index (χ2v) is 4.33. The average Bonchev–Trinajstić information content (AvgIpc) is 2.94. The smallest absolute Gasteiger partial charge is 0.138 e. The van der Waals surface area contributed by atoms with Crippen molar-refractivity contribution in [2.75, 3.05) is 5.32 Å². The van der Waals surface area contributed by atoms with Gasteiger partial charge in [0.2, 0.25) is 0 Å². The monoisotopic (exact) mass is 242 g/mol. The van der Waals surface area contributed by atoms with Gasteiger partial charge in [-0.25, -0.2) is 0 Å². The molecule has 0 aliphatic carbocycles. The van der Waals surface area contributed by atoms with Gasteiger partial charge in [-0.2, -0.15) is 5.10 Å². The lowest BCUT2D eigenvalue weighted by molar-refractivity contribution is 0.392. The molecule has 18 heavy (non-hydrogen) atoms. The maximum Gasteiger partial charge on any atom is 0.138 e. The van der Waals surface area contributed by atoms with E-state index in [4.69, 9.17) is 4.52 Å². The standard InChI is InChI=1S/C13H14N4O/c1-8-12(9(2)18-17-8)7-14-11-3-4-13-10(5-11)6-15-16-13/h3-6,14H,7H2,1-2H3,(H,15,16). The van der Waals surface area contributed by atoms with E-state index in [9.17, 15) is 0 Å². The SMILES string of the molecule is Cc1noc(C)c1CNc1ccc2[nH]ncc2c1. The number of fused-ring (bicyclic) bond motifs is 1. The number of nitrogens with zero attached hydrogens (tertiary/aromatic N) is 2. The van der Waals surface area contributed by atoms with Crippen LogP contribution in [0.5, 0.6) is 0 Å². The second kappa shape index (κ2) is 4.18. The van der Waals surface area contributed by atoms with Crippen LogP contribution in [0.25, 0.3) is 10.9 Å². The van der Waals surface area contributed by atoms with Crippen LogP contribution in [0, 0.1) is 13.8 Å². The van der Waals surface area contributed by atoms with E-state index < -0.39 is 0 Å². The van der Waals surface area contributed by atoms with Crippen molar-refractivity contribution in [3.63, 3.8) is 0 Å². The Morgan fingerprint density at radius 2 is 2.22 bits per heavy atom. The van der Waals surface area contributed by atoms with E-state index >= 15 is 0 Å². The van der Waals surface area contributed by atoms with Gasteiger partial charge in [0.25, 0.3) is 0 Å². The fraction of sp³-hybridized carbons (Fsp3) is 0.231. The number of aromatic nitrogens is 3. The van der Waals surface area contributed by atoms with Crippen LogP contribution in [0.15, 0.2) is 28.9 Å². The average molecular weight is 242 g/mol. The number of H-pyrrole nitrogens is 1. The molecular weight excluding hydrogens is 228 g/mol. The van der Waals surface area contributed by atoms with E-state index in [2.05, 4.69) is 26.7 Å². The predicted molar refractivity (Wildman–Crippen MR) is 69.4 cm³/mol. The molecule has 0 amide bonds. The van der Waals surface area contributed by atoms with Crippen LogP contribution in [-0.4, -0.2) is 15.4 Å². The number of benzene rings is 1.